The molecule has 0 spiro atoms. The van der Waals surface area contributed by atoms with Crippen LogP contribution in [0.25, 0.3) is 16.7 Å². The van der Waals surface area contributed by atoms with Crippen molar-refractivity contribution in [3.63, 3.8) is 0 Å². The van der Waals surface area contributed by atoms with Crippen molar-refractivity contribution in [2.45, 2.75) is 31.6 Å². The van der Waals surface area contributed by atoms with Crippen LogP contribution in [0.1, 0.15) is 28.8 Å². The molecule has 10 heteroatoms. The smallest absolute Gasteiger partial charge is 0.264 e. The van der Waals surface area contributed by atoms with Crippen LogP contribution in [0, 0.1) is 5.82 Å². The summed E-state index contributed by atoms with van der Waals surface area (Å²) in [7, 11) is 0. The van der Waals surface area contributed by atoms with E-state index in [1.807, 2.05) is 54.6 Å². The first-order chi connectivity index (χ1) is 19.9. The quantitative estimate of drug-likeness (QED) is 0.327. The Morgan fingerprint density at radius 2 is 1.68 bits per heavy atom. The maximum absolute atomic E-state index is 13.3. The summed E-state index contributed by atoms with van der Waals surface area (Å²) >= 11 is 0. The molecule has 3 aromatic carbocycles. The highest BCUT2D eigenvalue weighted by atomic mass is 19.1. The molecule has 0 aliphatic carbocycles. The molecule has 9 nitrogen and oxygen atoms in total. The number of carbonyl (C=O) groups excluding carboxylic acids is 1. The van der Waals surface area contributed by atoms with E-state index in [1.165, 1.54) is 41.4 Å². The van der Waals surface area contributed by atoms with E-state index in [0.29, 0.717) is 54.9 Å². The van der Waals surface area contributed by atoms with Crippen LogP contribution in [0.5, 0.6) is 5.75 Å². The number of fused-ring (bicyclic) bond motifs is 1. The molecule has 1 saturated heterocycles. The number of aromatic nitrogens is 4. The zero-order valence-electron chi connectivity index (χ0n) is 22.2. The number of rotatable bonds is 7. The van der Waals surface area contributed by atoms with Crippen molar-refractivity contribution in [1.82, 2.24) is 24.2 Å². The van der Waals surface area contributed by atoms with Gasteiger partial charge >= 0.3 is 0 Å². The van der Waals surface area contributed by atoms with E-state index < -0.39 is 11.4 Å². The van der Waals surface area contributed by atoms with Crippen molar-refractivity contribution in [3.05, 3.63) is 119 Å². The molecular formula is C31H28FN5O4. The molecule has 1 aliphatic rings. The number of carbonyl (C=O) groups is 1. The zero-order valence-corrected chi connectivity index (χ0v) is 22.2. The number of ether oxygens (including phenoxy) is 1. The van der Waals surface area contributed by atoms with Crippen molar-refractivity contribution in [3.8, 4) is 11.4 Å². The molecule has 5 aromatic rings. The Morgan fingerprint density at radius 3 is 2.39 bits per heavy atom. The predicted octanol–water partition coefficient (Wildman–Crippen LogP) is 3.97. The Labute approximate surface area is 235 Å². The number of likely N-dealkylation sites (tertiary alicyclic amines) is 1. The van der Waals surface area contributed by atoms with Gasteiger partial charge in [0.1, 0.15) is 29.9 Å². The first kappa shape index (κ1) is 26.4. The molecule has 208 valence electrons. The number of aliphatic hydroxyl groups is 1. The largest absolute Gasteiger partial charge is 0.489 e. The van der Waals surface area contributed by atoms with Gasteiger partial charge in [-0.25, -0.2) is 14.1 Å². The van der Waals surface area contributed by atoms with Crippen LogP contribution in [0.15, 0.2) is 96.2 Å². The summed E-state index contributed by atoms with van der Waals surface area (Å²) in [5.41, 5.74) is 1.13. The summed E-state index contributed by atoms with van der Waals surface area (Å²) in [5.74, 6) is 0.0942. The molecule has 1 fully saturated rings. The van der Waals surface area contributed by atoms with Crippen molar-refractivity contribution in [2.75, 3.05) is 13.1 Å². The Bertz CT molecular complexity index is 1730. The first-order valence-electron chi connectivity index (χ1n) is 13.4. The van der Waals surface area contributed by atoms with Gasteiger partial charge in [0.15, 0.2) is 5.65 Å². The maximum Gasteiger partial charge on any atom is 0.264 e. The van der Waals surface area contributed by atoms with E-state index in [0.717, 1.165) is 11.3 Å². The van der Waals surface area contributed by atoms with Gasteiger partial charge in [-0.05, 0) is 66.9 Å². The molecule has 6 rings (SSSR count). The lowest BCUT2D eigenvalue weighted by Crippen LogP contribution is -2.49. The topological polar surface area (TPSA) is 102 Å². The zero-order chi connectivity index (χ0) is 28.4. The fourth-order valence-corrected chi connectivity index (χ4v) is 5.05. The highest BCUT2D eigenvalue weighted by Gasteiger charge is 2.35. The van der Waals surface area contributed by atoms with Gasteiger partial charge in [-0.15, -0.1) is 0 Å². The van der Waals surface area contributed by atoms with E-state index in [4.69, 9.17) is 4.74 Å². The van der Waals surface area contributed by atoms with Gasteiger partial charge in [-0.3, -0.25) is 14.2 Å². The minimum absolute atomic E-state index is 0.0476. The Balaban J connectivity index is 1.12. The molecule has 1 aliphatic heterocycles. The molecule has 0 radical (unpaired) electrons. The van der Waals surface area contributed by atoms with Crippen molar-refractivity contribution >= 4 is 16.9 Å². The van der Waals surface area contributed by atoms with E-state index in [-0.39, 0.29) is 18.0 Å². The average molecular weight is 554 g/mol. The number of nitrogens with zero attached hydrogens (tertiary/aromatic N) is 5. The third-order valence-electron chi connectivity index (χ3n) is 7.42. The van der Waals surface area contributed by atoms with Crippen LogP contribution >= 0.6 is 0 Å². The fourth-order valence-electron chi connectivity index (χ4n) is 5.05. The van der Waals surface area contributed by atoms with Crippen LogP contribution < -0.4 is 10.3 Å². The molecule has 2 aromatic heterocycles. The number of amides is 1. The van der Waals surface area contributed by atoms with Gasteiger partial charge in [0, 0.05) is 18.7 Å². The van der Waals surface area contributed by atoms with Crippen LogP contribution in [0.3, 0.4) is 0 Å². The molecule has 1 amide bonds. The van der Waals surface area contributed by atoms with E-state index in [2.05, 4.69) is 10.1 Å². The molecule has 0 saturated carbocycles. The summed E-state index contributed by atoms with van der Waals surface area (Å²) in [6.45, 7) is 1.15. The van der Waals surface area contributed by atoms with Crippen molar-refractivity contribution in [1.29, 1.82) is 0 Å². The lowest BCUT2D eigenvalue weighted by Gasteiger charge is -2.38. The average Bonchev–Trinajstić information content (AvgIpc) is 3.44. The minimum atomic E-state index is -1.18. The summed E-state index contributed by atoms with van der Waals surface area (Å²) < 4.78 is 22.1. The molecule has 0 unspecified atom stereocenters. The van der Waals surface area contributed by atoms with Crippen molar-refractivity contribution < 1.29 is 19.0 Å². The van der Waals surface area contributed by atoms with E-state index >= 15 is 0 Å². The van der Waals surface area contributed by atoms with E-state index in [1.54, 1.807) is 9.58 Å². The van der Waals surface area contributed by atoms with Crippen LogP contribution in [0.4, 0.5) is 4.39 Å². The van der Waals surface area contributed by atoms with Crippen LogP contribution in [-0.4, -0.2) is 53.9 Å². The first-order valence-corrected chi connectivity index (χ1v) is 13.4. The number of benzene rings is 3. The second-order valence-corrected chi connectivity index (χ2v) is 10.3. The second-order valence-electron chi connectivity index (χ2n) is 10.3. The Morgan fingerprint density at radius 1 is 0.976 bits per heavy atom. The summed E-state index contributed by atoms with van der Waals surface area (Å²) in [6.07, 6.45) is 3.49. The van der Waals surface area contributed by atoms with Crippen molar-refractivity contribution in [2.24, 2.45) is 0 Å². The highest BCUT2D eigenvalue weighted by molar-refractivity contribution is 5.94. The van der Waals surface area contributed by atoms with Gasteiger partial charge in [-0.1, -0.05) is 30.3 Å². The summed E-state index contributed by atoms with van der Waals surface area (Å²) in [5, 5.41) is 16.0. The van der Waals surface area contributed by atoms with E-state index in [9.17, 15) is 19.1 Å². The Kier molecular flexibility index (Phi) is 7.07. The maximum atomic E-state index is 13.3. The fraction of sp³-hybridized carbons (Fsp3) is 0.226. The van der Waals surface area contributed by atoms with Gasteiger partial charge in [-0.2, -0.15) is 5.10 Å². The third-order valence-corrected chi connectivity index (χ3v) is 7.42. The van der Waals surface area contributed by atoms with Crippen LogP contribution in [0.2, 0.25) is 0 Å². The van der Waals surface area contributed by atoms with Gasteiger partial charge in [0.05, 0.1) is 24.0 Å². The monoisotopic (exact) mass is 553 g/mol. The minimum Gasteiger partial charge on any atom is -0.489 e. The third kappa shape index (κ3) is 5.59. The highest BCUT2D eigenvalue weighted by Crippen LogP contribution is 2.25. The number of piperidine rings is 1. The standard InChI is InChI=1S/C31H28FN5O4/c32-24-8-6-23(7-9-24)29(38)35-16-14-31(40,15-17-35)20-36-21-33-28-27(30(36)39)18-34-37(28)25-10-12-26(13-11-25)41-19-22-4-2-1-3-5-22/h1-13,18,21,40H,14-17,19-20H2. The second kappa shape index (κ2) is 11.0. The van der Waals surface area contributed by atoms with Gasteiger partial charge in [0.2, 0.25) is 0 Å². The van der Waals surface area contributed by atoms with Gasteiger partial charge < -0.3 is 14.7 Å². The van der Waals surface area contributed by atoms with Gasteiger partial charge in [0.25, 0.3) is 11.5 Å². The molecule has 0 bridgehead atoms. The molecule has 41 heavy (non-hydrogen) atoms. The Hall–Kier alpha value is -4.83. The number of halogens is 1. The normalized spacial score (nSPS) is 14.7. The number of hydrogen-bond acceptors (Lipinski definition) is 6. The lowest BCUT2D eigenvalue weighted by atomic mass is 9.91. The lowest BCUT2D eigenvalue weighted by molar-refractivity contribution is -0.0299. The summed E-state index contributed by atoms with van der Waals surface area (Å²) in [4.78, 5) is 32.2. The summed E-state index contributed by atoms with van der Waals surface area (Å²) in [6, 6.07) is 22.7. The van der Waals surface area contributed by atoms with Crippen LogP contribution in [-0.2, 0) is 13.2 Å². The molecule has 0 atom stereocenters. The predicted molar refractivity (Wildman–Crippen MR) is 150 cm³/mol. The molecular weight excluding hydrogens is 525 g/mol. The SMILES string of the molecule is O=C(c1ccc(F)cc1)N1CCC(O)(Cn2cnc3c(cnn3-c3ccc(OCc4ccccc4)cc3)c2=O)CC1. The molecule has 3 heterocycles. The number of hydrogen-bond donors (Lipinski definition) is 1. The molecule has 1 N–H and O–H groups in total.